The molecule has 53 valence electrons. The van der Waals surface area contributed by atoms with Crippen molar-refractivity contribution in [3.63, 3.8) is 0 Å². The van der Waals surface area contributed by atoms with Crippen molar-refractivity contribution >= 4 is 0 Å². The number of hydrogen-bond donors (Lipinski definition) is 1. The van der Waals surface area contributed by atoms with Gasteiger partial charge in [-0.3, -0.25) is 4.90 Å². The summed E-state index contributed by atoms with van der Waals surface area (Å²) in [7, 11) is 0. The summed E-state index contributed by atoms with van der Waals surface area (Å²) in [4.78, 5) is 2.32. The molecule has 0 aromatic heterocycles. The molecule has 0 aliphatic carbocycles. The maximum absolute atomic E-state index is 5.71. The third kappa shape index (κ3) is 1.95. The van der Waals surface area contributed by atoms with Crippen molar-refractivity contribution in [2.45, 2.75) is 25.8 Å². The van der Waals surface area contributed by atoms with Crippen LogP contribution in [0.2, 0.25) is 0 Å². The predicted octanol–water partition coefficient (Wildman–Crippen LogP) is 0.591. The summed E-state index contributed by atoms with van der Waals surface area (Å²) < 4.78 is 0. The topological polar surface area (TPSA) is 29.3 Å². The van der Waals surface area contributed by atoms with Gasteiger partial charge in [0.1, 0.15) is 0 Å². The van der Waals surface area contributed by atoms with Gasteiger partial charge in [0.05, 0.1) is 0 Å². The second kappa shape index (κ2) is 3.18. The van der Waals surface area contributed by atoms with Crippen molar-refractivity contribution in [3.05, 3.63) is 6.54 Å². The molecule has 1 aliphatic heterocycles. The van der Waals surface area contributed by atoms with Gasteiger partial charge in [-0.2, -0.15) is 0 Å². The van der Waals surface area contributed by atoms with Gasteiger partial charge < -0.3 is 5.73 Å². The summed E-state index contributed by atoms with van der Waals surface area (Å²) in [5, 5.41) is 0. The van der Waals surface area contributed by atoms with Crippen molar-refractivity contribution in [3.8, 4) is 0 Å². The van der Waals surface area contributed by atoms with E-state index in [0.29, 0.717) is 6.04 Å². The molecule has 1 rings (SSSR count). The van der Waals surface area contributed by atoms with Gasteiger partial charge >= 0.3 is 0 Å². The van der Waals surface area contributed by atoms with Crippen LogP contribution in [0.4, 0.5) is 0 Å². The molecular formula is C7H15N2. The Labute approximate surface area is 57.0 Å². The molecule has 2 nitrogen and oxygen atoms in total. The molecule has 1 aliphatic rings. The second-order valence-electron chi connectivity index (χ2n) is 2.63. The zero-order chi connectivity index (χ0) is 6.69. The first-order chi connectivity index (χ1) is 4.33. The lowest BCUT2D eigenvalue weighted by Gasteiger charge is -2.28. The molecule has 0 saturated carbocycles. The van der Waals surface area contributed by atoms with Crippen LogP contribution in [-0.2, 0) is 0 Å². The normalized spacial score (nSPS) is 24.7. The SMILES string of the molecule is C[CH]N1CCC(N)CC1. The van der Waals surface area contributed by atoms with Crippen LogP contribution in [0.3, 0.4) is 0 Å². The summed E-state index contributed by atoms with van der Waals surface area (Å²) in [6, 6.07) is 0.459. The third-order valence-corrected chi connectivity index (χ3v) is 1.94. The number of hydrogen-bond acceptors (Lipinski definition) is 2. The van der Waals surface area contributed by atoms with Gasteiger partial charge in [0.25, 0.3) is 0 Å². The van der Waals surface area contributed by atoms with Crippen LogP contribution in [0.15, 0.2) is 0 Å². The molecule has 1 saturated heterocycles. The van der Waals surface area contributed by atoms with Crippen LogP contribution in [-0.4, -0.2) is 24.0 Å². The average Bonchev–Trinajstić information content (AvgIpc) is 1.90. The zero-order valence-corrected chi connectivity index (χ0v) is 6.01. The molecule has 2 N–H and O–H groups in total. The fourth-order valence-electron chi connectivity index (χ4n) is 1.18. The highest BCUT2D eigenvalue weighted by Crippen LogP contribution is 2.08. The Morgan fingerprint density at radius 1 is 1.44 bits per heavy atom. The highest BCUT2D eigenvalue weighted by atomic mass is 15.1. The highest BCUT2D eigenvalue weighted by molar-refractivity contribution is 4.76. The fraction of sp³-hybridized carbons (Fsp3) is 0.857. The van der Waals surface area contributed by atoms with Crippen LogP contribution < -0.4 is 5.73 Å². The molecule has 0 spiro atoms. The summed E-state index contributed by atoms with van der Waals surface area (Å²) in [6.07, 6.45) is 2.31. The van der Waals surface area contributed by atoms with Gasteiger partial charge in [-0.25, -0.2) is 0 Å². The molecule has 1 heterocycles. The quantitative estimate of drug-likeness (QED) is 0.558. The molecule has 2 heteroatoms. The molecule has 0 aromatic rings. The number of likely N-dealkylation sites (tertiary alicyclic amines) is 1. The summed E-state index contributed by atoms with van der Waals surface area (Å²) in [5.41, 5.74) is 5.71. The van der Waals surface area contributed by atoms with Crippen molar-refractivity contribution < 1.29 is 0 Å². The smallest absolute Gasteiger partial charge is 0.0220 e. The Hall–Kier alpha value is -0.0800. The first-order valence-electron chi connectivity index (χ1n) is 3.62. The van der Waals surface area contributed by atoms with Gasteiger partial charge in [0, 0.05) is 12.6 Å². The Morgan fingerprint density at radius 2 is 2.00 bits per heavy atom. The van der Waals surface area contributed by atoms with Gasteiger partial charge in [-0.05, 0) is 32.9 Å². The molecule has 0 aromatic carbocycles. The van der Waals surface area contributed by atoms with E-state index < -0.39 is 0 Å². The zero-order valence-electron chi connectivity index (χ0n) is 6.01. The standard InChI is InChI=1S/C7H15N2/c1-2-9-5-3-7(8)4-6-9/h2,7H,3-6,8H2,1H3. The van der Waals surface area contributed by atoms with Crippen LogP contribution in [0, 0.1) is 6.54 Å². The molecule has 0 bridgehead atoms. The molecule has 0 amide bonds. The maximum atomic E-state index is 5.71. The van der Waals surface area contributed by atoms with Crippen LogP contribution >= 0.6 is 0 Å². The Bertz CT molecular complexity index is 75.0. The van der Waals surface area contributed by atoms with Crippen molar-refractivity contribution in [2.24, 2.45) is 5.73 Å². The largest absolute Gasteiger partial charge is 0.328 e. The van der Waals surface area contributed by atoms with E-state index >= 15 is 0 Å². The number of piperidine rings is 1. The van der Waals surface area contributed by atoms with Crippen molar-refractivity contribution in [2.75, 3.05) is 13.1 Å². The van der Waals surface area contributed by atoms with E-state index in [0.717, 1.165) is 25.9 Å². The monoisotopic (exact) mass is 127 g/mol. The lowest BCUT2D eigenvalue weighted by molar-refractivity contribution is 0.259. The van der Waals surface area contributed by atoms with Gasteiger partial charge in [-0.1, -0.05) is 0 Å². The van der Waals surface area contributed by atoms with Gasteiger partial charge in [-0.15, -0.1) is 0 Å². The minimum atomic E-state index is 0.459. The van der Waals surface area contributed by atoms with Crippen molar-refractivity contribution in [1.29, 1.82) is 0 Å². The van der Waals surface area contributed by atoms with Gasteiger partial charge in [0.2, 0.25) is 0 Å². The summed E-state index contributed by atoms with van der Waals surface area (Å²) >= 11 is 0. The van der Waals surface area contributed by atoms with E-state index in [1.165, 1.54) is 0 Å². The molecule has 0 unspecified atom stereocenters. The van der Waals surface area contributed by atoms with E-state index in [1.807, 2.05) is 0 Å². The van der Waals surface area contributed by atoms with Crippen molar-refractivity contribution in [1.82, 2.24) is 4.90 Å². The van der Waals surface area contributed by atoms with Crippen LogP contribution in [0.1, 0.15) is 19.8 Å². The fourth-order valence-corrected chi connectivity index (χ4v) is 1.18. The minimum absolute atomic E-state index is 0.459. The summed E-state index contributed by atoms with van der Waals surface area (Å²) in [5.74, 6) is 0. The molecule has 9 heavy (non-hydrogen) atoms. The number of nitrogens with two attached hydrogens (primary N) is 1. The van der Waals surface area contributed by atoms with E-state index in [4.69, 9.17) is 5.73 Å². The van der Waals surface area contributed by atoms with Crippen LogP contribution in [0.5, 0.6) is 0 Å². The van der Waals surface area contributed by atoms with E-state index in [-0.39, 0.29) is 0 Å². The molecule has 0 atom stereocenters. The minimum Gasteiger partial charge on any atom is -0.328 e. The summed E-state index contributed by atoms with van der Waals surface area (Å²) in [6.45, 7) is 6.53. The van der Waals surface area contributed by atoms with E-state index in [2.05, 4.69) is 18.4 Å². The van der Waals surface area contributed by atoms with Gasteiger partial charge in [0.15, 0.2) is 0 Å². The first kappa shape index (κ1) is 7.03. The Kier molecular flexibility index (Phi) is 2.49. The Balaban J connectivity index is 2.18. The maximum Gasteiger partial charge on any atom is 0.0220 e. The number of nitrogens with zero attached hydrogens (tertiary/aromatic N) is 1. The highest BCUT2D eigenvalue weighted by Gasteiger charge is 2.13. The second-order valence-corrected chi connectivity index (χ2v) is 2.63. The van der Waals surface area contributed by atoms with E-state index in [1.54, 1.807) is 0 Å². The lowest BCUT2D eigenvalue weighted by Crippen LogP contribution is -2.37. The number of rotatable bonds is 1. The molecule has 1 radical (unpaired) electrons. The van der Waals surface area contributed by atoms with E-state index in [9.17, 15) is 0 Å². The lowest BCUT2D eigenvalue weighted by atomic mass is 10.1. The predicted molar refractivity (Wildman–Crippen MR) is 38.8 cm³/mol. The third-order valence-electron chi connectivity index (χ3n) is 1.94. The Morgan fingerprint density at radius 3 is 2.44 bits per heavy atom. The molecule has 1 fully saturated rings. The molecular weight excluding hydrogens is 112 g/mol. The first-order valence-corrected chi connectivity index (χ1v) is 3.62. The average molecular weight is 127 g/mol. The van der Waals surface area contributed by atoms with Crippen LogP contribution in [0.25, 0.3) is 0 Å².